The summed E-state index contributed by atoms with van der Waals surface area (Å²) in [6.07, 6.45) is 1.16. The number of rotatable bonds is 4. The van der Waals surface area contributed by atoms with E-state index in [2.05, 4.69) is 10.1 Å². The number of nitrogens with zero attached hydrogens (tertiary/aromatic N) is 3. The van der Waals surface area contributed by atoms with Gasteiger partial charge in [-0.2, -0.15) is 4.98 Å². The average Bonchev–Trinajstić information content (AvgIpc) is 3.09. The molecule has 1 fully saturated rings. The van der Waals surface area contributed by atoms with Gasteiger partial charge < -0.3 is 9.42 Å². The van der Waals surface area contributed by atoms with Crippen LogP contribution in [-0.2, 0) is 17.8 Å². The Hall–Kier alpha value is -1.88. The maximum Gasteiger partial charge on any atom is 0.232 e. The van der Waals surface area contributed by atoms with Crippen LogP contribution in [0.3, 0.4) is 0 Å². The molecule has 1 aliphatic heterocycles. The molecule has 1 atom stereocenters. The van der Waals surface area contributed by atoms with Gasteiger partial charge in [0.1, 0.15) is 0 Å². The number of hydrogen-bond acceptors (Lipinski definition) is 4. The first-order valence-electron chi connectivity index (χ1n) is 7.00. The average molecular weight is 306 g/mol. The summed E-state index contributed by atoms with van der Waals surface area (Å²) in [5.41, 5.74) is 1.06. The number of halogens is 1. The molecular formula is C15H16ClN3O2. The molecule has 1 aromatic heterocycles. The minimum absolute atomic E-state index is 0.00222. The highest BCUT2D eigenvalue weighted by Gasteiger charge is 2.34. The van der Waals surface area contributed by atoms with E-state index >= 15 is 0 Å². The summed E-state index contributed by atoms with van der Waals surface area (Å²) < 4.78 is 5.24. The fourth-order valence-electron chi connectivity index (χ4n) is 2.48. The summed E-state index contributed by atoms with van der Waals surface area (Å²) in [7, 11) is 0. The zero-order chi connectivity index (χ0) is 14.8. The molecule has 0 bridgehead atoms. The second kappa shape index (κ2) is 5.85. The molecule has 2 heterocycles. The fraction of sp³-hybridized carbons (Fsp3) is 0.400. The minimum Gasteiger partial charge on any atom is -0.339 e. The lowest BCUT2D eigenvalue weighted by atomic mass is 10.1. The lowest BCUT2D eigenvalue weighted by molar-refractivity contribution is -0.128. The molecule has 21 heavy (non-hydrogen) atoms. The van der Waals surface area contributed by atoms with Crippen molar-refractivity contribution < 1.29 is 9.32 Å². The molecule has 3 rings (SSSR count). The summed E-state index contributed by atoms with van der Waals surface area (Å²) in [5, 5.41) is 4.59. The molecule has 1 saturated heterocycles. The van der Waals surface area contributed by atoms with Crippen LogP contribution in [0.1, 0.15) is 36.5 Å². The Kier molecular flexibility index (Phi) is 3.92. The second-order valence-corrected chi connectivity index (χ2v) is 5.64. The molecule has 1 aromatic carbocycles. The number of aryl methyl sites for hydroxylation is 1. The molecule has 0 saturated carbocycles. The lowest BCUT2D eigenvalue weighted by Gasteiger charge is -2.16. The van der Waals surface area contributed by atoms with Crippen molar-refractivity contribution in [3.05, 3.63) is 46.6 Å². The van der Waals surface area contributed by atoms with Crippen LogP contribution < -0.4 is 0 Å². The normalized spacial score (nSPS) is 18.5. The Morgan fingerprint density at radius 1 is 1.38 bits per heavy atom. The SMILES string of the molecule is CCc1noc(C2CC(=O)N(Cc3ccc(Cl)cc3)C2)n1. The largest absolute Gasteiger partial charge is 0.339 e. The number of carbonyl (C=O) groups is 1. The third-order valence-electron chi connectivity index (χ3n) is 3.65. The van der Waals surface area contributed by atoms with E-state index in [4.69, 9.17) is 16.1 Å². The summed E-state index contributed by atoms with van der Waals surface area (Å²) in [5.74, 6) is 1.37. The van der Waals surface area contributed by atoms with Crippen molar-refractivity contribution in [1.29, 1.82) is 0 Å². The van der Waals surface area contributed by atoms with E-state index < -0.39 is 0 Å². The molecule has 5 nitrogen and oxygen atoms in total. The number of hydrogen-bond donors (Lipinski definition) is 0. The first kappa shape index (κ1) is 14.1. The topological polar surface area (TPSA) is 59.2 Å². The van der Waals surface area contributed by atoms with Crippen LogP contribution in [0.2, 0.25) is 5.02 Å². The fourth-order valence-corrected chi connectivity index (χ4v) is 2.60. The first-order chi connectivity index (χ1) is 10.2. The minimum atomic E-state index is -0.00222. The molecule has 0 radical (unpaired) electrons. The Morgan fingerprint density at radius 2 is 2.14 bits per heavy atom. The molecule has 0 aliphatic carbocycles. The zero-order valence-corrected chi connectivity index (χ0v) is 12.5. The van der Waals surface area contributed by atoms with Crippen molar-refractivity contribution in [2.75, 3.05) is 6.54 Å². The van der Waals surface area contributed by atoms with Crippen molar-refractivity contribution in [2.24, 2.45) is 0 Å². The standard InChI is InChI=1S/C15H16ClN3O2/c1-2-13-17-15(21-18-13)11-7-14(20)19(9-11)8-10-3-5-12(16)6-4-10/h3-6,11H,2,7-9H2,1H3. The van der Waals surface area contributed by atoms with Gasteiger partial charge in [-0.1, -0.05) is 35.8 Å². The van der Waals surface area contributed by atoms with Gasteiger partial charge in [-0.15, -0.1) is 0 Å². The number of benzene rings is 1. The Balaban J connectivity index is 1.68. The molecule has 110 valence electrons. The molecule has 0 spiro atoms. The predicted octanol–water partition coefficient (Wildman–Crippen LogP) is 2.80. The van der Waals surface area contributed by atoms with Crippen LogP contribution in [0.4, 0.5) is 0 Å². The highest BCUT2D eigenvalue weighted by Crippen LogP contribution is 2.28. The molecule has 2 aromatic rings. The van der Waals surface area contributed by atoms with Crippen LogP contribution in [-0.4, -0.2) is 27.5 Å². The van der Waals surface area contributed by atoms with Crippen LogP contribution in [0.25, 0.3) is 0 Å². The van der Waals surface area contributed by atoms with E-state index in [0.29, 0.717) is 36.2 Å². The number of likely N-dealkylation sites (tertiary alicyclic amines) is 1. The van der Waals surface area contributed by atoms with E-state index in [1.807, 2.05) is 36.1 Å². The predicted molar refractivity (Wildman–Crippen MR) is 77.9 cm³/mol. The van der Waals surface area contributed by atoms with E-state index in [9.17, 15) is 4.79 Å². The highest BCUT2D eigenvalue weighted by atomic mass is 35.5. The van der Waals surface area contributed by atoms with E-state index in [-0.39, 0.29) is 11.8 Å². The third kappa shape index (κ3) is 3.08. The van der Waals surface area contributed by atoms with Crippen molar-refractivity contribution >= 4 is 17.5 Å². The zero-order valence-electron chi connectivity index (χ0n) is 11.8. The van der Waals surface area contributed by atoms with E-state index in [0.717, 1.165) is 12.0 Å². The summed E-state index contributed by atoms with van der Waals surface area (Å²) in [6.45, 7) is 3.18. The quantitative estimate of drug-likeness (QED) is 0.871. The van der Waals surface area contributed by atoms with Crippen molar-refractivity contribution in [1.82, 2.24) is 15.0 Å². The molecule has 1 aliphatic rings. The second-order valence-electron chi connectivity index (χ2n) is 5.20. The Bertz CT molecular complexity index is 639. The molecular weight excluding hydrogens is 290 g/mol. The van der Waals surface area contributed by atoms with Gasteiger partial charge in [-0.25, -0.2) is 0 Å². The van der Waals surface area contributed by atoms with Gasteiger partial charge in [0.15, 0.2) is 5.82 Å². The van der Waals surface area contributed by atoms with E-state index in [1.165, 1.54) is 0 Å². The van der Waals surface area contributed by atoms with Gasteiger partial charge in [0.25, 0.3) is 0 Å². The molecule has 1 unspecified atom stereocenters. The highest BCUT2D eigenvalue weighted by molar-refractivity contribution is 6.30. The smallest absolute Gasteiger partial charge is 0.232 e. The van der Waals surface area contributed by atoms with Crippen LogP contribution in [0.5, 0.6) is 0 Å². The maximum atomic E-state index is 12.1. The molecule has 6 heteroatoms. The first-order valence-corrected chi connectivity index (χ1v) is 7.38. The van der Waals surface area contributed by atoms with Gasteiger partial charge in [0.05, 0.1) is 5.92 Å². The third-order valence-corrected chi connectivity index (χ3v) is 3.90. The summed E-state index contributed by atoms with van der Waals surface area (Å²) in [6, 6.07) is 7.54. The van der Waals surface area contributed by atoms with Gasteiger partial charge in [0.2, 0.25) is 11.8 Å². The number of aromatic nitrogens is 2. The van der Waals surface area contributed by atoms with Crippen molar-refractivity contribution in [3.8, 4) is 0 Å². The number of amides is 1. The Labute approximate surface area is 127 Å². The molecule has 0 N–H and O–H groups in total. The monoisotopic (exact) mass is 305 g/mol. The van der Waals surface area contributed by atoms with E-state index in [1.54, 1.807) is 0 Å². The van der Waals surface area contributed by atoms with Gasteiger partial charge in [0, 0.05) is 31.0 Å². The summed E-state index contributed by atoms with van der Waals surface area (Å²) >= 11 is 5.87. The van der Waals surface area contributed by atoms with Crippen LogP contribution in [0.15, 0.2) is 28.8 Å². The maximum absolute atomic E-state index is 12.1. The Morgan fingerprint density at radius 3 is 2.81 bits per heavy atom. The van der Waals surface area contributed by atoms with Gasteiger partial charge in [-0.05, 0) is 17.7 Å². The number of carbonyl (C=O) groups excluding carboxylic acids is 1. The summed E-state index contributed by atoms with van der Waals surface area (Å²) in [4.78, 5) is 18.3. The van der Waals surface area contributed by atoms with Crippen molar-refractivity contribution in [2.45, 2.75) is 32.2 Å². The van der Waals surface area contributed by atoms with Gasteiger partial charge >= 0.3 is 0 Å². The van der Waals surface area contributed by atoms with Gasteiger partial charge in [-0.3, -0.25) is 4.79 Å². The molecule has 1 amide bonds. The van der Waals surface area contributed by atoms with Crippen LogP contribution >= 0.6 is 11.6 Å². The van der Waals surface area contributed by atoms with Crippen molar-refractivity contribution in [3.63, 3.8) is 0 Å². The van der Waals surface area contributed by atoms with Crippen LogP contribution in [0, 0.1) is 0 Å². The lowest BCUT2D eigenvalue weighted by Crippen LogP contribution is -2.24.